The average Bonchev–Trinajstić information content (AvgIpc) is 3.57. The van der Waals surface area contributed by atoms with E-state index < -0.39 is 0 Å². The van der Waals surface area contributed by atoms with Gasteiger partial charge in [-0.05, 0) is 102 Å². The Hall–Kier alpha value is -7.21. The number of nitrogens with zero attached hydrogens (tertiary/aromatic N) is 2. The first-order chi connectivity index (χ1) is 26.3. The predicted octanol–water partition coefficient (Wildman–Crippen LogP) is 13.6. The van der Waals surface area contributed by atoms with Crippen molar-refractivity contribution >= 4 is 43.4 Å². The van der Waals surface area contributed by atoms with Crippen LogP contribution >= 0.6 is 0 Å². The molecule has 0 aliphatic rings. The van der Waals surface area contributed by atoms with E-state index in [0.717, 1.165) is 33.5 Å². The molecule has 0 saturated heterocycles. The first-order valence-electron chi connectivity index (χ1n) is 18.0. The van der Waals surface area contributed by atoms with Crippen molar-refractivity contribution in [2.24, 2.45) is 0 Å². The van der Waals surface area contributed by atoms with E-state index in [-0.39, 0.29) is 0 Å². The average molecular weight is 673 g/mol. The zero-order valence-electron chi connectivity index (χ0n) is 28.9. The minimum absolute atomic E-state index is 0.642. The maximum atomic E-state index is 9.93. The topological polar surface area (TPSA) is 28.7 Å². The molecule has 10 aromatic rings. The number of para-hydroxylation sites is 2. The van der Waals surface area contributed by atoms with Crippen LogP contribution in [0.15, 0.2) is 194 Å². The van der Waals surface area contributed by atoms with Crippen molar-refractivity contribution in [3.63, 3.8) is 0 Å². The largest absolute Gasteiger partial charge is 0.309 e. The van der Waals surface area contributed by atoms with E-state index in [0.29, 0.717) is 5.56 Å². The number of rotatable bonds is 5. The van der Waals surface area contributed by atoms with E-state index in [1.807, 2.05) is 12.1 Å². The molecular formula is C51H32N2. The molecule has 0 radical (unpaired) electrons. The summed E-state index contributed by atoms with van der Waals surface area (Å²) in [6, 6.07) is 71.5. The molecule has 0 unspecified atom stereocenters. The van der Waals surface area contributed by atoms with Crippen LogP contribution in [0.3, 0.4) is 0 Å². The summed E-state index contributed by atoms with van der Waals surface area (Å²) >= 11 is 0. The van der Waals surface area contributed by atoms with Crippen LogP contribution in [0.5, 0.6) is 0 Å². The van der Waals surface area contributed by atoms with Gasteiger partial charge in [0.25, 0.3) is 0 Å². The molecule has 0 atom stereocenters. The molecule has 10 rings (SSSR count). The molecule has 2 heteroatoms. The van der Waals surface area contributed by atoms with Crippen LogP contribution < -0.4 is 0 Å². The molecule has 0 fully saturated rings. The number of hydrogen-bond acceptors (Lipinski definition) is 1. The smallest absolute Gasteiger partial charge is 0.0991 e. The monoisotopic (exact) mass is 672 g/mol. The number of nitriles is 1. The minimum Gasteiger partial charge on any atom is -0.309 e. The van der Waals surface area contributed by atoms with Crippen molar-refractivity contribution < 1.29 is 0 Å². The molecular weight excluding hydrogens is 641 g/mol. The van der Waals surface area contributed by atoms with Gasteiger partial charge in [-0.1, -0.05) is 158 Å². The first kappa shape index (κ1) is 30.6. The van der Waals surface area contributed by atoms with Crippen LogP contribution in [-0.4, -0.2) is 4.57 Å². The van der Waals surface area contributed by atoms with Gasteiger partial charge in [0.2, 0.25) is 0 Å². The second-order valence-electron chi connectivity index (χ2n) is 13.6. The van der Waals surface area contributed by atoms with Crippen molar-refractivity contribution in [2.75, 3.05) is 0 Å². The summed E-state index contributed by atoms with van der Waals surface area (Å²) in [5, 5.41) is 17.4. The van der Waals surface area contributed by atoms with E-state index in [4.69, 9.17) is 0 Å². The third-order valence-corrected chi connectivity index (χ3v) is 10.6. The quantitative estimate of drug-likeness (QED) is 0.167. The van der Waals surface area contributed by atoms with Crippen LogP contribution in [0.2, 0.25) is 0 Å². The summed E-state index contributed by atoms with van der Waals surface area (Å²) in [4.78, 5) is 0. The molecule has 0 bridgehead atoms. The normalized spacial score (nSPS) is 11.4. The number of benzene rings is 9. The molecule has 0 saturated carbocycles. The Kier molecular flexibility index (Phi) is 7.23. The van der Waals surface area contributed by atoms with Crippen molar-refractivity contribution in [3.05, 3.63) is 200 Å². The highest BCUT2D eigenvalue weighted by Gasteiger charge is 2.18. The van der Waals surface area contributed by atoms with Crippen molar-refractivity contribution in [3.8, 4) is 56.3 Å². The van der Waals surface area contributed by atoms with Gasteiger partial charge in [-0.25, -0.2) is 0 Å². The summed E-state index contributed by atoms with van der Waals surface area (Å²) in [6.07, 6.45) is 0. The molecule has 0 aliphatic heterocycles. The maximum Gasteiger partial charge on any atom is 0.0991 e. The summed E-state index contributed by atoms with van der Waals surface area (Å²) in [7, 11) is 0. The lowest BCUT2D eigenvalue weighted by atomic mass is 9.85. The number of aromatic nitrogens is 1. The molecule has 246 valence electrons. The van der Waals surface area contributed by atoms with Gasteiger partial charge >= 0.3 is 0 Å². The Morgan fingerprint density at radius 1 is 0.340 bits per heavy atom. The molecule has 53 heavy (non-hydrogen) atoms. The highest BCUT2D eigenvalue weighted by Crippen LogP contribution is 2.44. The molecule has 1 aromatic heterocycles. The van der Waals surface area contributed by atoms with Gasteiger partial charge in [0.1, 0.15) is 0 Å². The Bertz CT molecular complexity index is 2920. The SMILES string of the molecule is N#Cc1ccc(-c2ccc(-n3c4ccccc4c4ccccc43)cc2)c(-c2ccc(-c3c4ccccc4c(-c4ccccc4)c4ccccc34)cc2)c1. The van der Waals surface area contributed by atoms with Crippen molar-refractivity contribution in [1.29, 1.82) is 5.26 Å². The fourth-order valence-electron chi connectivity index (χ4n) is 8.27. The molecule has 2 nitrogen and oxygen atoms in total. The Morgan fingerprint density at radius 3 is 1.28 bits per heavy atom. The third-order valence-electron chi connectivity index (χ3n) is 10.6. The van der Waals surface area contributed by atoms with Crippen LogP contribution in [0.4, 0.5) is 0 Å². The first-order valence-corrected chi connectivity index (χ1v) is 18.0. The lowest BCUT2D eigenvalue weighted by Crippen LogP contribution is -1.94. The number of hydrogen-bond donors (Lipinski definition) is 0. The van der Waals surface area contributed by atoms with Crippen molar-refractivity contribution in [1.82, 2.24) is 4.57 Å². The van der Waals surface area contributed by atoms with Gasteiger partial charge in [-0.3, -0.25) is 0 Å². The van der Waals surface area contributed by atoms with Crippen LogP contribution in [0.1, 0.15) is 5.56 Å². The maximum absolute atomic E-state index is 9.93. The standard InChI is InChI=1S/C51H32N2/c52-33-34-22-31-40(35-27-29-39(30-28-35)53-48-20-10-8-14-41(48)42-15-9-11-21-49(42)53)47(32-34)36-23-25-38(26-24-36)51-45-18-6-4-16-43(45)50(37-12-2-1-3-13-37)44-17-5-7-19-46(44)51/h1-32H. The van der Waals surface area contributed by atoms with E-state index >= 15 is 0 Å². The third kappa shape index (κ3) is 5.02. The molecule has 0 aliphatic carbocycles. The van der Waals surface area contributed by atoms with Crippen LogP contribution in [-0.2, 0) is 0 Å². The van der Waals surface area contributed by atoms with Crippen LogP contribution in [0.25, 0.3) is 93.5 Å². The van der Waals surface area contributed by atoms with E-state index in [9.17, 15) is 5.26 Å². The second kappa shape index (κ2) is 12.5. The van der Waals surface area contributed by atoms with Gasteiger partial charge in [-0.2, -0.15) is 5.26 Å². The van der Waals surface area contributed by atoms with Crippen LogP contribution in [0, 0.1) is 11.3 Å². The molecule has 0 N–H and O–H groups in total. The van der Waals surface area contributed by atoms with E-state index in [2.05, 4.69) is 193 Å². The summed E-state index contributed by atoms with van der Waals surface area (Å²) in [5.74, 6) is 0. The Morgan fingerprint density at radius 2 is 0.755 bits per heavy atom. The van der Waals surface area contributed by atoms with Gasteiger partial charge in [0.15, 0.2) is 0 Å². The number of fused-ring (bicyclic) bond motifs is 5. The van der Waals surface area contributed by atoms with E-state index in [1.54, 1.807) is 0 Å². The Labute approximate surface area is 308 Å². The summed E-state index contributed by atoms with van der Waals surface area (Å²) in [6.45, 7) is 0. The highest BCUT2D eigenvalue weighted by atomic mass is 15.0. The lowest BCUT2D eigenvalue weighted by molar-refractivity contribution is 1.18. The van der Waals surface area contributed by atoms with Gasteiger partial charge in [-0.15, -0.1) is 0 Å². The predicted molar refractivity (Wildman–Crippen MR) is 222 cm³/mol. The fourth-order valence-corrected chi connectivity index (χ4v) is 8.27. The molecule has 0 amide bonds. The fraction of sp³-hybridized carbons (Fsp3) is 0. The van der Waals surface area contributed by atoms with Crippen molar-refractivity contribution in [2.45, 2.75) is 0 Å². The lowest BCUT2D eigenvalue weighted by Gasteiger charge is -2.18. The minimum atomic E-state index is 0.642. The molecule has 9 aromatic carbocycles. The van der Waals surface area contributed by atoms with Gasteiger partial charge < -0.3 is 4.57 Å². The van der Waals surface area contributed by atoms with E-state index in [1.165, 1.54) is 60.0 Å². The second-order valence-corrected chi connectivity index (χ2v) is 13.6. The molecule has 0 spiro atoms. The Balaban J connectivity index is 1.08. The van der Waals surface area contributed by atoms with Gasteiger partial charge in [0, 0.05) is 16.5 Å². The highest BCUT2D eigenvalue weighted by molar-refractivity contribution is 6.21. The zero-order valence-corrected chi connectivity index (χ0v) is 28.9. The van der Waals surface area contributed by atoms with Gasteiger partial charge in [0.05, 0.1) is 22.7 Å². The zero-order chi connectivity index (χ0) is 35.3. The summed E-state index contributed by atoms with van der Waals surface area (Å²) in [5.41, 5.74) is 13.3. The molecule has 1 heterocycles. The summed E-state index contributed by atoms with van der Waals surface area (Å²) < 4.78 is 2.34.